The molecule has 1 fully saturated rings. The van der Waals surface area contributed by atoms with Crippen molar-refractivity contribution in [2.45, 2.75) is 96.1 Å². The standard InChI is InChI=1S/C32H46FN5O2/c33-28-20-18-27(19-21-28)30(39)38-29(13-8-22-36-32(34)35)31(40)37-23-26-16-14-25(15-17-26)12-5-2-1-4-9-24-10-6-3-7-11-24/h14-21,24,29H,1-13,22-23H2,(H,37,40)(H,38,39)(H4,34,35,36)/t29-/m0/s1. The second-order valence-corrected chi connectivity index (χ2v) is 11.0. The van der Waals surface area contributed by atoms with Gasteiger partial charge in [0, 0.05) is 18.7 Å². The molecule has 7 nitrogen and oxygen atoms in total. The molecule has 3 rings (SSSR count). The van der Waals surface area contributed by atoms with Crippen LogP contribution in [0.3, 0.4) is 0 Å². The molecule has 1 aliphatic carbocycles. The third-order valence-corrected chi connectivity index (χ3v) is 7.72. The van der Waals surface area contributed by atoms with E-state index < -0.39 is 17.8 Å². The molecule has 218 valence electrons. The first kappa shape index (κ1) is 31.1. The Kier molecular flexibility index (Phi) is 13.5. The summed E-state index contributed by atoms with van der Waals surface area (Å²) in [6, 6.07) is 12.8. The van der Waals surface area contributed by atoms with Crippen molar-refractivity contribution >= 4 is 17.8 Å². The number of hydrogen-bond donors (Lipinski definition) is 4. The summed E-state index contributed by atoms with van der Waals surface area (Å²) in [6.45, 7) is 0.706. The maximum absolute atomic E-state index is 13.2. The fourth-order valence-corrected chi connectivity index (χ4v) is 5.34. The molecule has 40 heavy (non-hydrogen) atoms. The van der Waals surface area contributed by atoms with Gasteiger partial charge in [0.15, 0.2) is 5.96 Å². The quantitative estimate of drug-likeness (QED) is 0.127. The lowest BCUT2D eigenvalue weighted by Crippen LogP contribution is -2.46. The number of carbonyl (C=O) groups is 2. The molecule has 1 aliphatic rings. The van der Waals surface area contributed by atoms with Gasteiger partial charge in [0.25, 0.3) is 5.91 Å². The third kappa shape index (κ3) is 11.8. The number of aliphatic imine (C=N–C) groups is 1. The smallest absolute Gasteiger partial charge is 0.251 e. The first-order valence-electron chi connectivity index (χ1n) is 14.9. The van der Waals surface area contributed by atoms with Crippen molar-refractivity contribution < 1.29 is 14.0 Å². The Balaban J connectivity index is 1.41. The van der Waals surface area contributed by atoms with Crippen LogP contribution in [0.2, 0.25) is 0 Å². The summed E-state index contributed by atoms with van der Waals surface area (Å²) >= 11 is 0. The van der Waals surface area contributed by atoms with E-state index in [0.717, 1.165) is 17.9 Å². The molecule has 0 bridgehead atoms. The fraction of sp³-hybridized carbons (Fsp3) is 0.531. The highest BCUT2D eigenvalue weighted by atomic mass is 19.1. The molecule has 2 aromatic rings. The van der Waals surface area contributed by atoms with Crippen molar-refractivity contribution in [2.75, 3.05) is 6.54 Å². The predicted molar refractivity (Wildman–Crippen MR) is 159 cm³/mol. The van der Waals surface area contributed by atoms with Gasteiger partial charge < -0.3 is 22.1 Å². The lowest BCUT2D eigenvalue weighted by molar-refractivity contribution is -0.123. The van der Waals surface area contributed by atoms with E-state index in [1.165, 1.54) is 94.0 Å². The highest BCUT2D eigenvalue weighted by molar-refractivity contribution is 5.97. The highest BCUT2D eigenvalue weighted by Crippen LogP contribution is 2.28. The minimum atomic E-state index is -0.774. The van der Waals surface area contributed by atoms with E-state index in [4.69, 9.17) is 11.5 Å². The van der Waals surface area contributed by atoms with Crippen LogP contribution in [-0.2, 0) is 17.8 Å². The second-order valence-electron chi connectivity index (χ2n) is 11.0. The number of carbonyl (C=O) groups excluding carboxylic acids is 2. The number of nitrogens with zero attached hydrogens (tertiary/aromatic N) is 1. The summed E-state index contributed by atoms with van der Waals surface area (Å²) in [7, 11) is 0. The zero-order chi connectivity index (χ0) is 28.6. The molecule has 0 aliphatic heterocycles. The molecule has 0 spiro atoms. The minimum absolute atomic E-state index is 0.0190. The number of nitrogens with one attached hydrogen (secondary N) is 2. The third-order valence-electron chi connectivity index (χ3n) is 7.72. The van der Waals surface area contributed by atoms with Crippen LogP contribution in [0.4, 0.5) is 4.39 Å². The number of unbranched alkanes of at least 4 members (excludes halogenated alkanes) is 3. The van der Waals surface area contributed by atoms with Gasteiger partial charge in [-0.1, -0.05) is 82.1 Å². The number of aryl methyl sites for hydroxylation is 1. The first-order valence-corrected chi connectivity index (χ1v) is 14.9. The lowest BCUT2D eigenvalue weighted by atomic mass is 9.85. The molecular weight excluding hydrogens is 505 g/mol. The van der Waals surface area contributed by atoms with Crippen LogP contribution in [0.1, 0.15) is 98.5 Å². The maximum atomic E-state index is 13.2. The van der Waals surface area contributed by atoms with E-state index >= 15 is 0 Å². The number of rotatable bonds is 16. The van der Waals surface area contributed by atoms with Crippen LogP contribution in [0.15, 0.2) is 53.5 Å². The number of benzene rings is 2. The van der Waals surface area contributed by atoms with E-state index in [1.807, 2.05) is 12.1 Å². The monoisotopic (exact) mass is 551 g/mol. The normalized spacial score (nSPS) is 14.3. The summed E-state index contributed by atoms with van der Waals surface area (Å²) in [5, 5.41) is 5.69. The zero-order valence-corrected chi connectivity index (χ0v) is 23.7. The molecule has 0 saturated heterocycles. The van der Waals surface area contributed by atoms with Crippen LogP contribution in [0, 0.1) is 11.7 Å². The molecule has 0 heterocycles. The average Bonchev–Trinajstić information content (AvgIpc) is 2.96. The van der Waals surface area contributed by atoms with Crippen molar-refractivity contribution in [1.82, 2.24) is 10.6 Å². The topological polar surface area (TPSA) is 123 Å². The Morgan fingerprint density at radius 3 is 2.25 bits per heavy atom. The SMILES string of the molecule is NC(N)=NCCC[C@H](NC(=O)c1ccc(F)cc1)C(=O)NCc1ccc(CCCCCCC2CCCCC2)cc1. The highest BCUT2D eigenvalue weighted by Gasteiger charge is 2.21. The minimum Gasteiger partial charge on any atom is -0.370 e. The number of guanidine groups is 1. The van der Waals surface area contributed by atoms with Gasteiger partial charge in [-0.3, -0.25) is 14.6 Å². The average molecular weight is 552 g/mol. The second kappa shape index (κ2) is 17.3. The van der Waals surface area contributed by atoms with E-state index in [1.54, 1.807) is 0 Å². The van der Waals surface area contributed by atoms with Crippen molar-refractivity contribution in [1.29, 1.82) is 0 Å². The zero-order valence-electron chi connectivity index (χ0n) is 23.7. The Morgan fingerprint density at radius 2 is 1.55 bits per heavy atom. The van der Waals surface area contributed by atoms with Crippen molar-refractivity contribution in [2.24, 2.45) is 22.4 Å². The molecule has 0 unspecified atom stereocenters. The molecular formula is C32H46FN5O2. The van der Waals surface area contributed by atoms with Crippen molar-refractivity contribution in [3.8, 4) is 0 Å². The van der Waals surface area contributed by atoms with Gasteiger partial charge in [0.05, 0.1) is 0 Å². The summed E-state index contributed by atoms with van der Waals surface area (Å²) in [6.07, 6.45) is 15.7. The molecule has 0 radical (unpaired) electrons. The van der Waals surface area contributed by atoms with E-state index in [0.29, 0.717) is 25.9 Å². The molecule has 8 heteroatoms. The Labute approximate surface area is 238 Å². The summed E-state index contributed by atoms with van der Waals surface area (Å²) in [5.41, 5.74) is 13.3. The molecule has 1 atom stereocenters. The van der Waals surface area contributed by atoms with Gasteiger partial charge in [0.1, 0.15) is 11.9 Å². The summed E-state index contributed by atoms with van der Waals surface area (Å²) in [5.74, 6) is -0.209. The van der Waals surface area contributed by atoms with Gasteiger partial charge in [-0.05, 0) is 67.0 Å². The van der Waals surface area contributed by atoms with E-state index in [2.05, 4.69) is 27.8 Å². The number of nitrogens with two attached hydrogens (primary N) is 2. The lowest BCUT2D eigenvalue weighted by Gasteiger charge is -2.21. The van der Waals surface area contributed by atoms with E-state index in [-0.39, 0.29) is 17.4 Å². The maximum Gasteiger partial charge on any atom is 0.251 e. The molecule has 1 saturated carbocycles. The molecule has 6 N–H and O–H groups in total. The van der Waals surface area contributed by atoms with Gasteiger partial charge >= 0.3 is 0 Å². The van der Waals surface area contributed by atoms with Crippen LogP contribution in [0.5, 0.6) is 0 Å². The first-order chi connectivity index (χ1) is 19.4. The van der Waals surface area contributed by atoms with Crippen molar-refractivity contribution in [3.05, 3.63) is 71.0 Å². The molecule has 2 amide bonds. The van der Waals surface area contributed by atoms with Gasteiger partial charge in [-0.2, -0.15) is 0 Å². The van der Waals surface area contributed by atoms with Crippen LogP contribution < -0.4 is 22.1 Å². The number of amides is 2. The van der Waals surface area contributed by atoms with Gasteiger partial charge in [-0.15, -0.1) is 0 Å². The van der Waals surface area contributed by atoms with Crippen molar-refractivity contribution in [3.63, 3.8) is 0 Å². The van der Waals surface area contributed by atoms with Crippen LogP contribution in [-0.4, -0.2) is 30.4 Å². The predicted octanol–water partition coefficient (Wildman–Crippen LogP) is 5.37. The Hall–Kier alpha value is -3.42. The van der Waals surface area contributed by atoms with Gasteiger partial charge in [-0.25, -0.2) is 4.39 Å². The van der Waals surface area contributed by atoms with Crippen LogP contribution in [0.25, 0.3) is 0 Å². The Morgan fingerprint density at radius 1 is 0.875 bits per heavy atom. The van der Waals surface area contributed by atoms with Crippen LogP contribution >= 0.6 is 0 Å². The summed E-state index contributed by atoms with van der Waals surface area (Å²) in [4.78, 5) is 29.6. The molecule has 0 aromatic heterocycles. The fourth-order valence-electron chi connectivity index (χ4n) is 5.34. The Bertz CT molecular complexity index is 1060. The van der Waals surface area contributed by atoms with E-state index in [9.17, 15) is 14.0 Å². The summed E-state index contributed by atoms with van der Waals surface area (Å²) < 4.78 is 13.2. The largest absolute Gasteiger partial charge is 0.370 e. The number of hydrogen-bond acceptors (Lipinski definition) is 3. The number of halogens is 1. The molecule has 2 aromatic carbocycles. The van der Waals surface area contributed by atoms with Gasteiger partial charge in [0.2, 0.25) is 5.91 Å².